The van der Waals surface area contributed by atoms with Gasteiger partial charge in [-0.2, -0.15) is 0 Å². The summed E-state index contributed by atoms with van der Waals surface area (Å²) in [5.41, 5.74) is 5.14. The summed E-state index contributed by atoms with van der Waals surface area (Å²) in [5.74, 6) is 0. The second-order valence-electron chi connectivity index (χ2n) is 5.14. The molecular weight excluding hydrogens is 303 g/mol. The molecule has 0 atom stereocenters. The number of aromatic nitrogens is 1. The van der Waals surface area contributed by atoms with Crippen LogP contribution in [0.4, 0.5) is 11.4 Å². The highest BCUT2D eigenvalue weighted by molar-refractivity contribution is 6.32. The number of aromatic amines is 1. The number of H-pyrrole nitrogens is 1. The van der Waals surface area contributed by atoms with Crippen LogP contribution in [0.1, 0.15) is 11.3 Å². The molecule has 0 radical (unpaired) electrons. The molecule has 0 amide bonds. The first-order valence-corrected chi connectivity index (χ1v) is 7.44. The fourth-order valence-electron chi connectivity index (χ4n) is 2.32. The van der Waals surface area contributed by atoms with E-state index in [1.807, 2.05) is 50.2 Å². The molecule has 0 unspecified atom stereocenters. The minimum absolute atomic E-state index is 0.713. The maximum absolute atomic E-state index is 6.19. The number of rotatable bonds is 2. The average Bonchev–Trinajstić information content (AvgIpc) is 2.43. The summed E-state index contributed by atoms with van der Waals surface area (Å²) < 4.78 is 0. The molecule has 1 heterocycles. The third-order valence-corrected chi connectivity index (χ3v) is 4.06. The Bertz CT molecular complexity index is 828. The van der Waals surface area contributed by atoms with Crippen molar-refractivity contribution in [1.29, 1.82) is 0 Å². The van der Waals surface area contributed by atoms with Gasteiger partial charge in [-0.25, -0.2) is 4.98 Å². The molecule has 3 aromatic rings. The minimum atomic E-state index is 0.713. The first-order chi connectivity index (χ1) is 10.0. The molecule has 106 valence electrons. The Balaban J connectivity index is 2.10. The predicted octanol–water partition coefficient (Wildman–Crippen LogP) is 5.32. The van der Waals surface area contributed by atoms with E-state index in [2.05, 4.69) is 16.4 Å². The third-order valence-electron chi connectivity index (χ3n) is 3.42. The summed E-state index contributed by atoms with van der Waals surface area (Å²) >= 11 is 12.3. The maximum atomic E-state index is 6.19. The molecule has 0 aliphatic rings. The third kappa shape index (κ3) is 2.97. The van der Waals surface area contributed by atoms with Crippen molar-refractivity contribution in [3.8, 4) is 0 Å². The van der Waals surface area contributed by atoms with Gasteiger partial charge >= 0.3 is 0 Å². The van der Waals surface area contributed by atoms with Gasteiger partial charge in [0.05, 0.1) is 11.1 Å². The van der Waals surface area contributed by atoms with Gasteiger partial charge in [-0.15, -0.1) is 0 Å². The quantitative estimate of drug-likeness (QED) is 0.680. The first kappa shape index (κ1) is 14.2. The summed E-state index contributed by atoms with van der Waals surface area (Å²) in [6.45, 7) is 4.02. The Kier molecular flexibility index (Phi) is 3.75. The zero-order valence-electron chi connectivity index (χ0n) is 11.8. The van der Waals surface area contributed by atoms with Gasteiger partial charge in [0.1, 0.15) is 0 Å². The molecule has 0 aliphatic carbocycles. The fourth-order valence-corrected chi connectivity index (χ4v) is 2.67. The van der Waals surface area contributed by atoms with Crippen molar-refractivity contribution in [1.82, 2.24) is 0 Å². The highest BCUT2D eigenvalue weighted by atomic mass is 35.5. The van der Waals surface area contributed by atoms with Gasteiger partial charge in [-0.1, -0.05) is 29.3 Å². The lowest BCUT2D eigenvalue weighted by Crippen LogP contribution is -2.09. The standard InChI is InChI=1S/C17H14Cl2N2/c1-10-3-5-13(9-15(10)19)21-17-7-11(2)20-16-6-4-12(18)8-14(16)17/h3-9H,1-2H3,(H,20,21)/p+1. The Morgan fingerprint density at radius 1 is 0.952 bits per heavy atom. The van der Waals surface area contributed by atoms with Crippen LogP contribution in [0.25, 0.3) is 10.9 Å². The molecule has 0 saturated heterocycles. The number of anilines is 2. The zero-order valence-corrected chi connectivity index (χ0v) is 13.3. The number of pyridine rings is 1. The smallest absolute Gasteiger partial charge is 0.213 e. The number of nitrogens with one attached hydrogen (secondary N) is 2. The molecule has 0 aliphatic heterocycles. The van der Waals surface area contributed by atoms with Crippen LogP contribution in [-0.2, 0) is 0 Å². The van der Waals surface area contributed by atoms with Crippen LogP contribution >= 0.6 is 23.2 Å². The predicted molar refractivity (Wildman–Crippen MR) is 89.7 cm³/mol. The summed E-state index contributed by atoms with van der Waals surface area (Å²) in [4.78, 5) is 3.34. The van der Waals surface area contributed by atoms with Gasteiger partial charge in [-0.05, 0) is 36.8 Å². The van der Waals surface area contributed by atoms with E-state index in [4.69, 9.17) is 23.2 Å². The first-order valence-electron chi connectivity index (χ1n) is 6.68. The largest absolute Gasteiger partial charge is 0.355 e. The van der Waals surface area contributed by atoms with E-state index < -0.39 is 0 Å². The highest BCUT2D eigenvalue weighted by Crippen LogP contribution is 2.29. The number of benzene rings is 2. The number of aryl methyl sites for hydroxylation is 2. The SMILES string of the molecule is Cc1cc(Nc2ccc(C)c(Cl)c2)c2cc(Cl)ccc2[nH+]1. The maximum Gasteiger partial charge on any atom is 0.213 e. The number of fused-ring (bicyclic) bond motifs is 1. The van der Waals surface area contributed by atoms with Crippen molar-refractivity contribution in [3.63, 3.8) is 0 Å². The Labute approximate surface area is 133 Å². The summed E-state index contributed by atoms with van der Waals surface area (Å²) in [7, 11) is 0. The van der Waals surface area contributed by atoms with Crippen molar-refractivity contribution in [2.75, 3.05) is 5.32 Å². The van der Waals surface area contributed by atoms with Gasteiger partial charge in [0.25, 0.3) is 0 Å². The molecule has 2 nitrogen and oxygen atoms in total. The van der Waals surface area contributed by atoms with Crippen molar-refractivity contribution in [3.05, 3.63) is 63.8 Å². The minimum Gasteiger partial charge on any atom is -0.355 e. The van der Waals surface area contributed by atoms with Crippen LogP contribution in [-0.4, -0.2) is 0 Å². The lowest BCUT2D eigenvalue weighted by atomic mass is 10.1. The second kappa shape index (κ2) is 5.55. The van der Waals surface area contributed by atoms with Crippen LogP contribution in [0.2, 0.25) is 10.0 Å². The van der Waals surface area contributed by atoms with E-state index in [1.54, 1.807) is 0 Å². The van der Waals surface area contributed by atoms with E-state index >= 15 is 0 Å². The molecule has 0 fully saturated rings. The summed E-state index contributed by atoms with van der Waals surface area (Å²) in [5, 5.41) is 5.93. The normalized spacial score (nSPS) is 10.9. The average molecular weight is 318 g/mol. The number of hydrogen-bond donors (Lipinski definition) is 1. The van der Waals surface area contributed by atoms with E-state index in [0.717, 1.165) is 38.6 Å². The summed E-state index contributed by atoms with van der Waals surface area (Å²) in [6, 6.07) is 13.8. The molecule has 0 bridgehead atoms. The van der Waals surface area contributed by atoms with Crippen LogP contribution in [0.3, 0.4) is 0 Å². The van der Waals surface area contributed by atoms with Crippen molar-refractivity contribution < 1.29 is 4.98 Å². The van der Waals surface area contributed by atoms with Gasteiger partial charge in [-0.3, -0.25) is 0 Å². The van der Waals surface area contributed by atoms with Crippen molar-refractivity contribution in [2.45, 2.75) is 13.8 Å². The second-order valence-corrected chi connectivity index (χ2v) is 5.99. The van der Waals surface area contributed by atoms with E-state index in [9.17, 15) is 0 Å². The molecule has 0 spiro atoms. The topological polar surface area (TPSA) is 26.2 Å². The van der Waals surface area contributed by atoms with Crippen molar-refractivity contribution >= 4 is 45.5 Å². The monoisotopic (exact) mass is 317 g/mol. The molecule has 21 heavy (non-hydrogen) atoms. The molecule has 0 saturated carbocycles. The lowest BCUT2D eigenvalue weighted by Gasteiger charge is -2.10. The molecule has 1 aromatic heterocycles. The Hall–Kier alpha value is -1.77. The van der Waals surface area contributed by atoms with Gasteiger partial charge in [0, 0.05) is 34.8 Å². The van der Waals surface area contributed by atoms with Gasteiger partial charge < -0.3 is 5.32 Å². The van der Waals surface area contributed by atoms with Crippen LogP contribution in [0, 0.1) is 13.8 Å². The highest BCUT2D eigenvalue weighted by Gasteiger charge is 2.10. The molecule has 4 heteroatoms. The molecule has 2 aromatic carbocycles. The van der Waals surface area contributed by atoms with Gasteiger partial charge in [0.2, 0.25) is 5.52 Å². The van der Waals surface area contributed by atoms with Crippen LogP contribution in [0.5, 0.6) is 0 Å². The Morgan fingerprint density at radius 2 is 1.76 bits per heavy atom. The Morgan fingerprint density at radius 3 is 2.52 bits per heavy atom. The van der Waals surface area contributed by atoms with Gasteiger partial charge in [0.15, 0.2) is 5.69 Å². The lowest BCUT2D eigenvalue weighted by molar-refractivity contribution is -0.354. The van der Waals surface area contributed by atoms with Crippen LogP contribution < -0.4 is 10.3 Å². The van der Waals surface area contributed by atoms with E-state index in [-0.39, 0.29) is 0 Å². The number of halogens is 2. The molecular formula is C17H15Cl2N2+. The van der Waals surface area contributed by atoms with Crippen LogP contribution in [0.15, 0.2) is 42.5 Å². The molecule has 2 N–H and O–H groups in total. The van der Waals surface area contributed by atoms with E-state index in [1.165, 1.54) is 0 Å². The molecule has 3 rings (SSSR count). The summed E-state index contributed by atoms with van der Waals surface area (Å²) in [6.07, 6.45) is 0. The van der Waals surface area contributed by atoms with Crippen molar-refractivity contribution in [2.24, 2.45) is 0 Å². The zero-order chi connectivity index (χ0) is 15.0. The number of hydrogen-bond acceptors (Lipinski definition) is 1. The van der Waals surface area contributed by atoms with E-state index in [0.29, 0.717) is 5.02 Å². The fraction of sp³-hybridized carbons (Fsp3) is 0.118.